The van der Waals surface area contributed by atoms with Gasteiger partial charge < -0.3 is 10.1 Å². The van der Waals surface area contributed by atoms with Crippen molar-refractivity contribution in [3.8, 4) is 5.75 Å². The summed E-state index contributed by atoms with van der Waals surface area (Å²) in [5.41, 5.74) is 2.33. The highest BCUT2D eigenvalue weighted by Gasteiger charge is 2.09. The zero-order chi connectivity index (χ0) is 18.9. The lowest BCUT2D eigenvalue weighted by Crippen LogP contribution is -2.14. The van der Waals surface area contributed by atoms with Crippen LogP contribution < -0.4 is 10.1 Å². The molecular formula is C24H28ClNO. The molecule has 0 fully saturated rings. The number of hydrogen-bond donors (Lipinski definition) is 1. The van der Waals surface area contributed by atoms with Gasteiger partial charge in [-0.1, -0.05) is 86.3 Å². The predicted molar refractivity (Wildman–Crippen MR) is 116 cm³/mol. The van der Waals surface area contributed by atoms with E-state index in [1.807, 2.05) is 18.2 Å². The maximum Gasteiger partial charge on any atom is 0.124 e. The fraction of sp³-hybridized carbons (Fsp3) is 0.333. The molecule has 0 aliphatic carbocycles. The summed E-state index contributed by atoms with van der Waals surface area (Å²) in [4.78, 5) is 0. The number of rotatable bonds is 10. The standard InChI is InChI=1S/C24H28ClNO/c1-2-3-4-9-16-27-24-15-14-19-10-5-7-12-21(19)22(24)18-26-17-20-11-6-8-13-23(20)25/h5-8,10-15,26H,2-4,9,16-18H2,1H3. The lowest BCUT2D eigenvalue weighted by atomic mass is 10.0. The molecule has 0 radical (unpaired) electrons. The lowest BCUT2D eigenvalue weighted by Gasteiger charge is -2.15. The van der Waals surface area contributed by atoms with Crippen LogP contribution in [-0.4, -0.2) is 6.61 Å². The van der Waals surface area contributed by atoms with E-state index in [-0.39, 0.29) is 0 Å². The third kappa shape index (κ3) is 5.47. The summed E-state index contributed by atoms with van der Waals surface area (Å²) in [6.45, 7) is 4.48. The first-order chi connectivity index (χ1) is 13.3. The number of fused-ring (bicyclic) bond motifs is 1. The van der Waals surface area contributed by atoms with Crippen LogP contribution in [0.2, 0.25) is 5.02 Å². The number of nitrogens with one attached hydrogen (secondary N) is 1. The molecule has 0 heterocycles. The predicted octanol–water partition coefficient (Wildman–Crippen LogP) is 6.74. The Morgan fingerprint density at radius 1 is 0.852 bits per heavy atom. The van der Waals surface area contributed by atoms with Crippen molar-refractivity contribution in [2.75, 3.05) is 6.61 Å². The molecule has 0 aliphatic heterocycles. The molecule has 3 aromatic rings. The average molecular weight is 382 g/mol. The van der Waals surface area contributed by atoms with Crippen molar-refractivity contribution >= 4 is 22.4 Å². The number of halogens is 1. The molecule has 27 heavy (non-hydrogen) atoms. The molecule has 0 unspecified atom stereocenters. The van der Waals surface area contributed by atoms with Crippen molar-refractivity contribution in [3.05, 3.63) is 76.8 Å². The summed E-state index contributed by atoms with van der Waals surface area (Å²) in [5, 5.41) is 6.83. The van der Waals surface area contributed by atoms with Gasteiger partial charge in [-0.25, -0.2) is 0 Å². The summed E-state index contributed by atoms with van der Waals surface area (Å²) in [7, 11) is 0. The van der Waals surface area contributed by atoms with E-state index in [1.165, 1.54) is 35.6 Å². The molecule has 2 nitrogen and oxygen atoms in total. The molecule has 0 bridgehead atoms. The van der Waals surface area contributed by atoms with E-state index in [9.17, 15) is 0 Å². The Morgan fingerprint density at radius 2 is 1.67 bits per heavy atom. The number of hydrogen-bond acceptors (Lipinski definition) is 2. The van der Waals surface area contributed by atoms with Gasteiger partial charge in [0.05, 0.1) is 6.61 Å². The van der Waals surface area contributed by atoms with Crippen LogP contribution >= 0.6 is 11.6 Å². The smallest absolute Gasteiger partial charge is 0.124 e. The Kier molecular flexibility index (Phi) is 7.55. The van der Waals surface area contributed by atoms with Crippen molar-refractivity contribution in [1.82, 2.24) is 5.32 Å². The average Bonchev–Trinajstić information content (AvgIpc) is 2.70. The van der Waals surface area contributed by atoms with E-state index in [4.69, 9.17) is 16.3 Å². The Balaban J connectivity index is 1.72. The first kappa shape index (κ1) is 19.7. The van der Waals surface area contributed by atoms with E-state index >= 15 is 0 Å². The zero-order valence-corrected chi connectivity index (χ0v) is 16.8. The van der Waals surface area contributed by atoms with Crippen molar-refractivity contribution in [2.45, 2.75) is 45.7 Å². The van der Waals surface area contributed by atoms with Crippen molar-refractivity contribution in [3.63, 3.8) is 0 Å². The molecule has 3 rings (SSSR count). The van der Waals surface area contributed by atoms with E-state index in [1.54, 1.807) is 0 Å². The number of unbranched alkanes of at least 4 members (excludes halogenated alkanes) is 3. The van der Waals surface area contributed by atoms with E-state index in [0.717, 1.165) is 42.5 Å². The number of benzene rings is 3. The van der Waals surface area contributed by atoms with Crippen LogP contribution in [0.5, 0.6) is 5.75 Å². The number of ether oxygens (including phenoxy) is 1. The second-order valence-electron chi connectivity index (χ2n) is 6.87. The van der Waals surface area contributed by atoms with E-state index in [0.29, 0.717) is 0 Å². The van der Waals surface area contributed by atoms with Gasteiger partial charge in [-0.3, -0.25) is 0 Å². The Labute approximate surface area is 167 Å². The largest absolute Gasteiger partial charge is 0.493 e. The molecule has 0 aliphatic rings. The molecule has 142 valence electrons. The van der Waals surface area contributed by atoms with Gasteiger partial charge in [-0.05, 0) is 34.9 Å². The van der Waals surface area contributed by atoms with Crippen LogP contribution in [0.4, 0.5) is 0 Å². The summed E-state index contributed by atoms with van der Waals surface area (Å²) in [6, 6.07) is 20.7. The van der Waals surface area contributed by atoms with Gasteiger partial charge in [-0.2, -0.15) is 0 Å². The molecule has 0 aromatic heterocycles. The second kappa shape index (κ2) is 10.3. The second-order valence-corrected chi connectivity index (χ2v) is 7.27. The molecule has 3 aromatic carbocycles. The monoisotopic (exact) mass is 381 g/mol. The van der Waals surface area contributed by atoms with Gasteiger partial charge in [-0.15, -0.1) is 0 Å². The topological polar surface area (TPSA) is 21.3 Å². The van der Waals surface area contributed by atoms with E-state index < -0.39 is 0 Å². The molecule has 0 saturated carbocycles. The molecule has 0 saturated heterocycles. The first-order valence-electron chi connectivity index (χ1n) is 9.87. The van der Waals surface area contributed by atoms with Gasteiger partial charge in [0, 0.05) is 23.7 Å². The maximum absolute atomic E-state index is 6.28. The molecule has 3 heteroatoms. The minimum Gasteiger partial charge on any atom is -0.493 e. The van der Waals surface area contributed by atoms with E-state index in [2.05, 4.69) is 54.7 Å². The Bertz CT molecular complexity index is 862. The van der Waals surface area contributed by atoms with Crippen LogP contribution in [0.15, 0.2) is 60.7 Å². The SMILES string of the molecule is CCCCCCOc1ccc2ccccc2c1CNCc1ccccc1Cl. The fourth-order valence-corrected chi connectivity index (χ4v) is 3.51. The van der Waals surface area contributed by atoms with Gasteiger partial charge in [0.2, 0.25) is 0 Å². The Morgan fingerprint density at radius 3 is 2.52 bits per heavy atom. The van der Waals surface area contributed by atoms with Crippen LogP contribution in [0.3, 0.4) is 0 Å². The van der Waals surface area contributed by atoms with Crippen LogP contribution in [0.1, 0.15) is 43.7 Å². The van der Waals surface area contributed by atoms with Crippen LogP contribution in [-0.2, 0) is 13.1 Å². The maximum atomic E-state index is 6.28. The van der Waals surface area contributed by atoms with Crippen molar-refractivity contribution < 1.29 is 4.74 Å². The quantitative estimate of drug-likeness (QED) is 0.392. The van der Waals surface area contributed by atoms with Gasteiger partial charge in [0.1, 0.15) is 5.75 Å². The minimum atomic E-state index is 0.735. The Hall–Kier alpha value is -2.03. The van der Waals surface area contributed by atoms with Gasteiger partial charge in [0.25, 0.3) is 0 Å². The molecule has 0 spiro atoms. The van der Waals surface area contributed by atoms with Gasteiger partial charge in [0.15, 0.2) is 0 Å². The van der Waals surface area contributed by atoms with Crippen molar-refractivity contribution in [2.24, 2.45) is 0 Å². The third-order valence-corrected chi connectivity index (χ3v) is 5.20. The summed E-state index contributed by atoms with van der Waals surface area (Å²) in [6.07, 6.45) is 4.85. The van der Waals surface area contributed by atoms with Crippen molar-refractivity contribution in [1.29, 1.82) is 0 Å². The molecule has 1 N–H and O–H groups in total. The summed E-state index contributed by atoms with van der Waals surface area (Å²) in [5.74, 6) is 0.983. The minimum absolute atomic E-state index is 0.735. The van der Waals surface area contributed by atoms with Crippen LogP contribution in [0, 0.1) is 0 Å². The van der Waals surface area contributed by atoms with Crippen LogP contribution in [0.25, 0.3) is 10.8 Å². The normalized spacial score (nSPS) is 11.0. The van der Waals surface area contributed by atoms with Gasteiger partial charge >= 0.3 is 0 Å². The zero-order valence-electron chi connectivity index (χ0n) is 16.0. The highest BCUT2D eigenvalue weighted by molar-refractivity contribution is 6.31. The highest BCUT2D eigenvalue weighted by Crippen LogP contribution is 2.28. The fourth-order valence-electron chi connectivity index (χ4n) is 3.31. The first-order valence-corrected chi connectivity index (χ1v) is 10.2. The molecular weight excluding hydrogens is 354 g/mol. The summed E-state index contributed by atoms with van der Waals surface area (Å²) >= 11 is 6.28. The summed E-state index contributed by atoms with van der Waals surface area (Å²) < 4.78 is 6.15. The molecule has 0 atom stereocenters. The highest BCUT2D eigenvalue weighted by atomic mass is 35.5. The molecule has 0 amide bonds. The third-order valence-electron chi connectivity index (χ3n) is 4.83. The lowest BCUT2D eigenvalue weighted by molar-refractivity contribution is 0.302.